The quantitative estimate of drug-likeness (QED) is 0.0946. The van der Waals surface area contributed by atoms with Crippen LogP contribution in [-0.2, 0) is 23.1 Å². The summed E-state index contributed by atoms with van der Waals surface area (Å²) < 4.78 is 33.1. The van der Waals surface area contributed by atoms with Crippen molar-refractivity contribution in [2.24, 2.45) is 0 Å². The van der Waals surface area contributed by atoms with Crippen molar-refractivity contribution in [1.82, 2.24) is 4.90 Å². The summed E-state index contributed by atoms with van der Waals surface area (Å²) in [6, 6.07) is 0. The van der Waals surface area contributed by atoms with Crippen LogP contribution in [0.25, 0.3) is 0 Å². The monoisotopic (exact) mass is 509 g/mol. The first-order valence-electron chi connectivity index (χ1n) is 13.9. The summed E-state index contributed by atoms with van der Waals surface area (Å²) in [6.45, 7) is 9.84. The summed E-state index contributed by atoms with van der Waals surface area (Å²) in [5.41, 5.74) is 0. The Labute approximate surface area is 210 Å². The Balaban J connectivity index is 3.56. The first-order valence-corrected chi connectivity index (χ1v) is 15.4. The second-order valence-corrected chi connectivity index (χ2v) is 10.6. The standard InChI is InChI=1S/C26H56NO6P/c1-5-8-9-10-11-12-13-14-15-16-17-18-19-20-22-31-24-26(30-4)25-33-34(28,29)32-23-21-27(6-2)7-3/h26H,5-25H2,1-4H3,(H,28,29)/t26-/m1/s1. The molecule has 0 amide bonds. The lowest BCUT2D eigenvalue weighted by Crippen LogP contribution is -2.27. The van der Waals surface area contributed by atoms with Crippen molar-refractivity contribution in [2.45, 2.75) is 117 Å². The van der Waals surface area contributed by atoms with Gasteiger partial charge < -0.3 is 19.3 Å². The van der Waals surface area contributed by atoms with Crippen LogP contribution in [-0.4, -0.2) is 69.1 Å². The Bertz CT molecular complexity index is 465. The third-order valence-corrected chi connectivity index (χ3v) is 7.24. The van der Waals surface area contributed by atoms with E-state index >= 15 is 0 Å². The van der Waals surface area contributed by atoms with Gasteiger partial charge in [-0.3, -0.25) is 9.05 Å². The maximum Gasteiger partial charge on any atom is 0.472 e. The average Bonchev–Trinajstić information content (AvgIpc) is 2.83. The number of methoxy groups -OCH3 is 1. The second-order valence-electron chi connectivity index (χ2n) is 9.15. The Kier molecular flexibility index (Phi) is 24.7. The van der Waals surface area contributed by atoms with E-state index in [0.29, 0.717) is 19.8 Å². The fourth-order valence-corrected chi connectivity index (χ4v) is 4.58. The number of nitrogens with zero attached hydrogens (tertiary/aromatic N) is 1. The highest BCUT2D eigenvalue weighted by Gasteiger charge is 2.23. The smallest absolute Gasteiger partial charge is 0.379 e. The Morgan fingerprint density at radius 2 is 1.21 bits per heavy atom. The van der Waals surface area contributed by atoms with Crippen LogP contribution in [0.5, 0.6) is 0 Å². The molecule has 0 heterocycles. The topological polar surface area (TPSA) is 77.5 Å². The molecule has 206 valence electrons. The van der Waals surface area contributed by atoms with Crippen molar-refractivity contribution in [3.63, 3.8) is 0 Å². The van der Waals surface area contributed by atoms with Gasteiger partial charge in [-0.2, -0.15) is 0 Å². The highest BCUT2D eigenvalue weighted by molar-refractivity contribution is 7.47. The molecule has 0 fully saturated rings. The average molecular weight is 510 g/mol. The number of rotatable bonds is 27. The predicted molar refractivity (Wildman–Crippen MR) is 141 cm³/mol. The number of phosphoric ester groups is 1. The Morgan fingerprint density at radius 1 is 0.706 bits per heavy atom. The van der Waals surface area contributed by atoms with Gasteiger partial charge in [-0.15, -0.1) is 0 Å². The van der Waals surface area contributed by atoms with Crippen LogP contribution in [0, 0.1) is 0 Å². The van der Waals surface area contributed by atoms with Crippen LogP contribution in [0.4, 0.5) is 0 Å². The summed E-state index contributed by atoms with van der Waals surface area (Å²) in [5, 5.41) is 0. The molecule has 0 saturated carbocycles. The summed E-state index contributed by atoms with van der Waals surface area (Å²) in [7, 11) is -2.53. The summed E-state index contributed by atoms with van der Waals surface area (Å²) in [4.78, 5) is 11.9. The Morgan fingerprint density at radius 3 is 1.68 bits per heavy atom. The third kappa shape index (κ3) is 22.5. The molecule has 0 aliphatic rings. The molecule has 0 aliphatic carbocycles. The molecule has 1 unspecified atom stereocenters. The first kappa shape index (κ1) is 34.0. The predicted octanol–water partition coefficient (Wildman–Crippen LogP) is 6.97. The Hall–Kier alpha value is -0.0100. The fourth-order valence-electron chi connectivity index (χ4n) is 3.84. The maximum absolute atomic E-state index is 12.0. The van der Waals surface area contributed by atoms with Crippen molar-refractivity contribution in [3.05, 3.63) is 0 Å². The van der Waals surface area contributed by atoms with E-state index < -0.39 is 13.9 Å². The van der Waals surface area contributed by atoms with Crippen LogP contribution in [0.3, 0.4) is 0 Å². The number of hydrogen-bond acceptors (Lipinski definition) is 6. The van der Waals surface area contributed by atoms with Gasteiger partial charge in [0.2, 0.25) is 0 Å². The minimum Gasteiger partial charge on any atom is -0.379 e. The molecule has 34 heavy (non-hydrogen) atoms. The molecule has 2 atom stereocenters. The molecule has 0 rings (SSSR count). The van der Waals surface area contributed by atoms with Gasteiger partial charge in [0, 0.05) is 20.3 Å². The second kappa shape index (κ2) is 24.7. The number of phosphoric acid groups is 1. The largest absolute Gasteiger partial charge is 0.472 e. The van der Waals surface area contributed by atoms with E-state index in [1.165, 1.54) is 83.5 Å². The zero-order chi connectivity index (χ0) is 25.3. The van der Waals surface area contributed by atoms with Crippen LogP contribution in [0.15, 0.2) is 0 Å². The van der Waals surface area contributed by atoms with Crippen LogP contribution >= 0.6 is 7.82 Å². The highest BCUT2D eigenvalue weighted by atomic mass is 31.2. The molecule has 1 N–H and O–H groups in total. The maximum atomic E-state index is 12.0. The number of ether oxygens (including phenoxy) is 2. The van der Waals surface area contributed by atoms with Crippen LogP contribution < -0.4 is 0 Å². The molecular weight excluding hydrogens is 453 g/mol. The van der Waals surface area contributed by atoms with Crippen molar-refractivity contribution in [1.29, 1.82) is 0 Å². The molecule has 0 radical (unpaired) electrons. The SMILES string of the molecule is CCCCCCCCCCCCCCCCOC[C@H](COP(=O)(O)OCCN(CC)CC)OC. The highest BCUT2D eigenvalue weighted by Crippen LogP contribution is 2.43. The minimum atomic E-state index is -4.08. The minimum absolute atomic E-state index is 0.0334. The van der Waals surface area contributed by atoms with E-state index in [9.17, 15) is 9.46 Å². The molecule has 0 spiro atoms. The fraction of sp³-hybridized carbons (Fsp3) is 1.00. The first-order chi connectivity index (χ1) is 16.5. The van der Waals surface area contributed by atoms with Gasteiger partial charge in [0.1, 0.15) is 6.10 Å². The van der Waals surface area contributed by atoms with E-state index in [2.05, 4.69) is 11.8 Å². The summed E-state index contributed by atoms with van der Waals surface area (Å²) in [5.74, 6) is 0. The molecule has 0 saturated heterocycles. The summed E-state index contributed by atoms with van der Waals surface area (Å²) >= 11 is 0. The molecule has 8 heteroatoms. The zero-order valence-electron chi connectivity index (χ0n) is 22.8. The van der Waals surface area contributed by atoms with Gasteiger partial charge in [0.25, 0.3) is 0 Å². The van der Waals surface area contributed by atoms with Crippen LogP contribution in [0.1, 0.15) is 111 Å². The molecule has 0 aromatic heterocycles. The van der Waals surface area contributed by atoms with Gasteiger partial charge in [0.15, 0.2) is 0 Å². The molecule has 0 aromatic rings. The third-order valence-electron chi connectivity index (χ3n) is 6.26. The van der Waals surface area contributed by atoms with Gasteiger partial charge in [0.05, 0.1) is 19.8 Å². The lowest BCUT2D eigenvalue weighted by atomic mass is 10.0. The number of unbranched alkanes of at least 4 members (excludes halogenated alkanes) is 13. The van der Waals surface area contributed by atoms with Crippen LogP contribution in [0.2, 0.25) is 0 Å². The van der Waals surface area contributed by atoms with Gasteiger partial charge >= 0.3 is 7.82 Å². The van der Waals surface area contributed by atoms with E-state index in [1.807, 2.05) is 13.8 Å². The lowest BCUT2D eigenvalue weighted by molar-refractivity contribution is -0.0223. The van der Waals surface area contributed by atoms with E-state index in [1.54, 1.807) is 7.11 Å². The molecule has 0 bridgehead atoms. The van der Waals surface area contributed by atoms with Gasteiger partial charge in [-0.25, -0.2) is 4.57 Å². The molecule has 0 aromatic carbocycles. The molecule has 0 aliphatic heterocycles. The number of likely N-dealkylation sites (N-methyl/N-ethyl adjacent to an activating group) is 1. The molecular formula is C26H56NO6P. The normalized spacial score (nSPS) is 14.5. The molecule has 7 nitrogen and oxygen atoms in total. The van der Waals surface area contributed by atoms with Crippen molar-refractivity contribution in [3.8, 4) is 0 Å². The van der Waals surface area contributed by atoms with Crippen molar-refractivity contribution >= 4 is 7.82 Å². The van der Waals surface area contributed by atoms with E-state index in [4.69, 9.17) is 18.5 Å². The zero-order valence-corrected chi connectivity index (χ0v) is 23.7. The van der Waals surface area contributed by atoms with Gasteiger partial charge in [-0.05, 0) is 19.5 Å². The van der Waals surface area contributed by atoms with Gasteiger partial charge in [-0.1, -0.05) is 104 Å². The van der Waals surface area contributed by atoms with E-state index in [-0.39, 0.29) is 13.2 Å². The lowest BCUT2D eigenvalue weighted by Gasteiger charge is -2.20. The number of hydrogen-bond donors (Lipinski definition) is 1. The van der Waals surface area contributed by atoms with Crippen molar-refractivity contribution in [2.75, 3.05) is 53.2 Å². The summed E-state index contributed by atoms with van der Waals surface area (Å²) in [6.07, 6.45) is 18.3. The van der Waals surface area contributed by atoms with Crippen molar-refractivity contribution < 1.29 is 28.0 Å². The van der Waals surface area contributed by atoms with E-state index in [0.717, 1.165) is 19.5 Å².